The number of phenolic OH excluding ortho intramolecular Hbond substituents is 3. The molecule has 0 heterocycles. The Morgan fingerprint density at radius 1 is 0.923 bits per heavy atom. The summed E-state index contributed by atoms with van der Waals surface area (Å²) in [7, 11) is 0. The minimum absolute atomic E-state index is 0.0419. The fourth-order valence-corrected chi connectivity index (χ4v) is 1.63. The van der Waals surface area contributed by atoms with Crippen molar-refractivity contribution in [3.05, 3.63) is 17.7 Å². The Morgan fingerprint density at radius 3 is 1.62 bits per heavy atom. The van der Waals surface area contributed by atoms with Gasteiger partial charge < -0.3 is 15.3 Å². The molecule has 0 aliphatic carbocycles. The van der Waals surface area contributed by atoms with Crippen LogP contribution in [0.2, 0.25) is 0 Å². The lowest BCUT2D eigenvalue weighted by molar-refractivity contribution is 0.421. The molecular weight excluding hydrogens is 228 g/mol. The average Bonchev–Trinajstić information content (AvgIpc) is 1.78. The van der Waals surface area contributed by atoms with Crippen LogP contribution in [-0.2, 0) is 3.41 Å². The first-order valence-electron chi connectivity index (χ1n) is 3.25. The molecule has 0 radical (unpaired) electrons. The molecule has 0 saturated carbocycles. The van der Waals surface area contributed by atoms with E-state index in [1.165, 1.54) is 0 Å². The van der Waals surface area contributed by atoms with Crippen molar-refractivity contribution in [3.8, 4) is 17.2 Å². The smallest absolute Gasteiger partial charge is 0.131 e. The fourth-order valence-electron chi connectivity index (χ4n) is 0.941. The van der Waals surface area contributed by atoms with Crippen LogP contribution in [0.15, 0.2) is 12.1 Å². The highest BCUT2D eigenvalue weighted by Crippen LogP contribution is 2.47. The molecule has 0 saturated heterocycles. The van der Waals surface area contributed by atoms with Crippen LogP contribution in [-0.4, -0.2) is 15.3 Å². The zero-order chi connectivity index (χ0) is 10.2. The van der Waals surface area contributed by atoms with Crippen LogP contribution in [0.5, 0.6) is 17.2 Å². The highest BCUT2D eigenvalue weighted by molar-refractivity contribution is 8.15. The molecule has 0 amide bonds. The molecule has 6 heteroatoms. The van der Waals surface area contributed by atoms with Crippen molar-refractivity contribution >= 4 is 37.9 Å². The Bertz CT molecular complexity index is 309. The Kier molecular flexibility index (Phi) is 2.84. The van der Waals surface area contributed by atoms with Crippen molar-refractivity contribution in [2.75, 3.05) is 0 Å². The van der Waals surface area contributed by atoms with E-state index in [2.05, 4.69) is 37.9 Å². The average molecular weight is 236 g/mol. The topological polar surface area (TPSA) is 60.7 Å². The second-order valence-corrected chi connectivity index (χ2v) is 5.57. The number of aromatic hydroxyl groups is 3. The van der Waals surface area contributed by atoms with Crippen molar-refractivity contribution in [3.63, 3.8) is 0 Å². The molecule has 0 bridgehead atoms. The van der Waals surface area contributed by atoms with E-state index in [0.29, 0.717) is 0 Å². The predicted molar refractivity (Wildman–Crippen MR) is 60.1 cm³/mol. The highest BCUT2D eigenvalue weighted by atomic mass is 32.2. The summed E-state index contributed by atoms with van der Waals surface area (Å²) in [6.07, 6.45) is 0. The summed E-state index contributed by atoms with van der Waals surface area (Å²) in [5, 5.41) is 27.7. The molecule has 3 N–H and O–H groups in total. The third kappa shape index (κ3) is 2.32. The second kappa shape index (κ2) is 3.43. The quantitative estimate of drug-likeness (QED) is 0.332. The maximum atomic E-state index is 9.34. The summed E-state index contributed by atoms with van der Waals surface area (Å²) in [4.78, 5) is 0. The maximum absolute atomic E-state index is 9.34. The van der Waals surface area contributed by atoms with E-state index in [0.717, 1.165) is 12.1 Å². The fraction of sp³-hybridized carbons (Fsp3) is 0.143. The first-order chi connectivity index (χ1) is 5.82. The number of thiol groups is 3. The first-order valence-corrected chi connectivity index (χ1v) is 4.59. The van der Waals surface area contributed by atoms with Gasteiger partial charge in [0.25, 0.3) is 0 Å². The molecule has 13 heavy (non-hydrogen) atoms. The van der Waals surface area contributed by atoms with Gasteiger partial charge in [0.05, 0.1) is 5.56 Å². The van der Waals surface area contributed by atoms with E-state index < -0.39 is 3.41 Å². The second-order valence-electron chi connectivity index (χ2n) is 2.49. The van der Waals surface area contributed by atoms with Crippen LogP contribution in [0.4, 0.5) is 0 Å². The third-order valence-electron chi connectivity index (χ3n) is 1.42. The number of hydrogen-bond donors (Lipinski definition) is 6. The van der Waals surface area contributed by atoms with Gasteiger partial charge in [0.1, 0.15) is 20.7 Å². The van der Waals surface area contributed by atoms with Gasteiger partial charge in [-0.1, -0.05) is 0 Å². The lowest BCUT2D eigenvalue weighted by atomic mass is 10.2. The molecule has 0 atom stereocenters. The van der Waals surface area contributed by atoms with Gasteiger partial charge in [-0.15, -0.1) is 37.9 Å². The SMILES string of the molecule is Oc1cc(O)c(C(S)(S)S)c(O)c1. The van der Waals surface area contributed by atoms with Gasteiger partial charge in [-0.2, -0.15) is 0 Å². The minimum Gasteiger partial charge on any atom is -0.508 e. The highest BCUT2D eigenvalue weighted by Gasteiger charge is 2.26. The number of benzene rings is 1. The summed E-state index contributed by atoms with van der Waals surface area (Å²) < 4.78 is -1.26. The van der Waals surface area contributed by atoms with E-state index in [-0.39, 0.29) is 22.8 Å². The lowest BCUT2D eigenvalue weighted by Crippen LogP contribution is -2.01. The molecule has 1 rings (SSSR count). The van der Waals surface area contributed by atoms with E-state index in [9.17, 15) is 10.2 Å². The predicted octanol–water partition coefficient (Wildman–Crippen LogP) is 1.70. The molecule has 72 valence electrons. The lowest BCUT2D eigenvalue weighted by Gasteiger charge is -2.18. The summed E-state index contributed by atoms with van der Waals surface area (Å²) in [5.41, 5.74) is 0.0419. The van der Waals surface area contributed by atoms with Gasteiger partial charge in [-0.25, -0.2) is 0 Å². The molecular formula is C7H8O3S3. The molecule has 0 aliphatic heterocycles. The van der Waals surface area contributed by atoms with Crippen molar-refractivity contribution < 1.29 is 15.3 Å². The zero-order valence-electron chi connectivity index (χ0n) is 6.34. The first kappa shape index (κ1) is 10.7. The molecule has 0 aromatic heterocycles. The standard InChI is InChI=1S/C7H8O3S3/c8-3-1-4(9)6(5(10)2-3)7(11,12)13/h1-2,8-13H. The molecule has 0 aliphatic rings. The van der Waals surface area contributed by atoms with Gasteiger partial charge in [-0.3, -0.25) is 0 Å². The molecule has 1 aromatic carbocycles. The summed E-state index contributed by atoms with van der Waals surface area (Å²) >= 11 is 11.8. The molecule has 0 fully saturated rings. The van der Waals surface area contributed by atoms with Crippen LogP contribution in [0.1, 0.15) is 5.56 Å². The van der Waals surface area contributed by atoms with E-state index in [1.807, 2.05) is 0 Å². The van der Waals surface area contributed by atoms with Crippen molar-refractivity contribution in [1.82, 2.24) is 0 Å². The number of hydrogen-bond acceptors (Lipinski definition) is 6. The normalized spacial score (nSPS) is 11.6. The summed E-state index contributed by atoms with van der Waals surface area (Å²) in [5.74, 6) is -0.854. The van der Waals surface area contributed by atoms with Gasteiger partial charge in [0.2, 0.25) is 0 Å². The molecule has 0 spiro atoms. The van der Waals surface area contributed by atoms with Crippen LogP contribution in [0.25, 0.3) is 0 Å². The van der Waals surface area contributed by atoms with Crippen LogP contribution in [0, 0.1) is 0 Å². The van der Waals surface area contributed by atoms with Gasteiger partial charge in [0, 0.05) is 12.1 Å². The Hall–Kier alpha value is -0.330. The monoisotopic (exact) mass is 236 g/mol. The minimum atomic E-state index is -1.26. The van der Waals surface area contributed by atoms with Crippen molar-refractivity contribution in [1.29, 1.82) is 0 Å². The van der Waals surface area contributed by atoms with Gasteiger partial charge in [-0.05, 0) is 0 Å². The van der Waals surface area contributed by atoms with E-state index >= 15 is 0 Å². The van der Waals surface area contributed by atoms with E-state index in [4.69, 9.17) is 5.11 Å². The van der Waals surface area contributed by atoms with Crippen LogP contribution in [0.3, 0.4) is 0 Å². The largest absolute Gasteiger partial charge is 0.508 e. The Labute approximate surface area is 91.6 Å². The Morgan fingerprint density at radius 2 is 1.31 bits per heavy atom. The van der Waals surface area contributed by atoms with Crippen LogP contribution < -0.4 is 0 Å². The summed E-state index contributed by atoms with van der Waals surface area (Å²) in [6, 6.07) is 2.15. The third-order valence-corrected chi connectivity index (χ3v) is 2.09. The van der Waals surface area contributed by atoms with E-state index in [1.54, 1.807) is 0 Å². The molecule has 1 aromatic rings. The molecule has 3 nitrogen and oxygen atoms in total. The number of phenols is 3. The van der Waals surface area contributed by atoms with Gasteiger partial charge in [0.15, 0.2) is 0 Å². The maximum Gasteiger partial charge on any atom is 0.131 e. The summed E-state index contributed by atoms with van der Waals surface area (Å²) in [6.45, 7) is 0. The van der Waals surface area contributed by atoms with Crippen molar-refractivity contribution in [2.45, 2.75) is 3.41 Å². The van der Waals surface area contributed by atoms with Crippen molar-refractivity contribution in [2.24, 2.45) is 0 Å². The van der Waals surface area contributed by atoms with Gasteiger partial charge >= 0.3 is 0 Å². The number of rotatable bonds is 1. The molecule has 0 unspecified atom stereocenters. The van der Waals surface area contributed by atoms with Crippen LogP contribution >= 0.6 is 37.9 Å². The Balaban J connectivity index is 3.38. The zero-order valence-corrected chi connectivity index (χ0v) is 9.02.